The van der Waals surface area contributed by atoms with Gasteiger partial charge in [-0.25, -0.2) is 0 Å². The second-order valence-electron chi connectivity index (χ2n) is 2.45. The molecule has 0 aliphatic carbocycles. The quantitative estimate of drug-likeness (QED) is 0.633. The van der Waals surface area contributed by atoms with Crippen LogP contribution in [0.3, 0.4) is 0 Å². The van der Waals surface area contributed by atoms with E-state index in [2.05, 4.69) is 17.0 Å². The predicted molar refractivity (Wildman–Crippen MR) is 52.1 cm³/mol. The zero-order chi connectivity index (χ0) is 9.40. The summed E-state index contributed by atoms with van der Waals surface area (Å²) in [6.07, 6.45) is 0. The van der Waals surface area contributed by atoms with E-state index in [0.717, 1.165) is 0 Å². The smallest absolute Gasteiger partial charge is 0.0587 e. The lowest BCUT2D eigenvalue weighted by Crippen LogP contribution is -2.07. The summed E-state index contributed by atoms with van der Waals surface area (Å²) in [5, 5.41) is 7.32. The first-order valence-corrected chi connectivity index (χ1v) is 3.75. The number of nitrogens with zero attached hydrogens (tertiary/aromatic N) is 2. The molecule has 12 heavy (non-hydrogen) atoms. The first-order valence-electron chi connectivity index (χ1n) is 3.75. The summed E-state index contributed by atoms with van der Waals surface area (Å²) in [6, 6.07) is 12.0. The Balaban J connectivity index is 0.000000354. The lowest BCUT2D eigenvalue weighted by atomic mass is 10.3. The van der Waals surface area contributed by atoms with Crippen LogP contribution < -0.4 is 4.90 Å². The highest BCUT2D eigenvalue weighted by Gasteiger charge is 1.87. The summed E-state index contributed by atoms with van der Waals surface area (Å²) in [4.78, 5) is 2.08. The van der Waals surface area contributed by atoms with Crippen LogP contribution in [0.15, 0.2) is 30.3 Å². The number of rotatable bonds is 1. The molecule has 0 fully saturated rings. The van der Waals surface area contributed by atoms with Crippen molar-refractivity contribution in [2.75, 3.05) is 19.0 Å². The molecule has 0 bridgehead atoms. The largest absolute Gasteiger partial charge is 0.378 e. The molecule has 0 saturated carbocycles. The number of hydrogen-bond acceptors (Lipinski definition) is 2. The summed E-state index contributed by atoms with van der Waals surface area (Å²) in [6.45, 7) is 1.43. The number of para-hydroxylation sites is 1. The van der Waals surface area contributed by atoms with Gasteiger partial charge in [-0.2, -0.15) is 5.26 Å². The van der Waals surface area contributed by atoms with E-state index in [1.807, 2.05) is 32.3 Å². The molecule has 0 heterocycles. The van der Waals surface area contributed by atoms with Crippen molar-refractivity contribution >= 4 is 5.69 Å². The third kappa shape index (κ3) is 4.35. The van der Waals surface area contributed by atoms with Gasteiger partial charge in [-0.05, 0) is 12.1 Å². The van der Waals surface area contributed by atoms with Gasteiger partial charge in [-0.15, -0.1) is 0 Å². The van der Waals surface area contributed by atoms with Crippen molar-refractivity contribution in [3.05, 3.63) is 30.3 Å². The van der Waals surface area contributed by atoms with Crippen LogP contribution in [-0.2, 0) is 0 Å². The maximum Gasteiger partial charge on any atom is 0.0587 e. The maximum absolute atomic E-state index is 7.32. The first-order chi connectivity index (χ1) is 5.72. The van der Waals surface area contributed by atoms with Crippen molar-refractivity contribution in [2.24, 2.45) is 0 Å². The van der Waals surface area contributed by atoms with Crippen LogP contribution >= 0.6 is 0 Å². The highest BCUT2D eigenvalue weighted by molar-refractivity contribution is 5.43. The van der Waals surface area contributed by atoms with E-state index < -0.39 is 0 Å². The van der Waals surface area contributed by atoms with Crippen molar-refractivity contribution in [3.8, 4) is 6.07 Å². The average molecular weight is 162 g/mol. The Labute approximate surface area is 74.0 Å². The summed E-state index contributed by atoms with van der Waals surface area (Å²) in [5.74, 6) is 0. The van der Waals surface area contributed by atoms with E-state index in [1.165, 1.54) is 12.6 Å². The van der Waals surface area contributed by atoms with Gasteiger partial charge in [0.1, 0.15) is 0 Å². The molecule has 1 rings (SSSR count). The molecule has 2 nitrogen and oxygen atoms in total. The Morgan fingerprint density at radius 3 is 1.83 bits per heavy atom. The van der Waals surface area contributed by atoms with Gasteiger partial charge in [0.15, 0.2) is 0 Å². The van der Waals surface area contributed by atoms with Gasteiger partial charge in [-0.3, -0.25) is 0 Å². The number of hydrogen-bond donors (Lipinski definition) is 0. The Morgan fingerprint density at radius 2 is 1.58 bits per heavy atom. The van der Waals surface area contributed by atoms with Gasteiger partial charge in [-0.1, -0.05) is 18.2 Å². The van der Waals surface area contributed by atoms with Crippen molar-refractivity contribution in [3.63, 3.8) is 0 Å². The number of nitriles is 1. The van der Waals surface area contributed by atoms with Crippen LogP contribution in [0.2, 0.25) is 0 Å². The number of benzene rings is 1. The fraction of sp³-hybridized carbons (Fsp3) is 0.300. The van der Waals surface area contributed by atoms with Crippen molar-refractivity contribution in [1.82, 2.24) is 0 Å². The minimum Gasteiger partial charge on any atom is -0.378 e. The summed E-state index contributed by atoms with van der Waals surface area (Å²) >= 11 is 0. The topological polar surface area (TPSA) is 27.0 Å². The monoisotopic (exact) mass is 162 g/mol. The standard InChI is InChI=1S/C8H11N.C2H3N/c1-9(2)8-6-4-3-5-7-8;1-2-3/h3-7H,1-2H3;1H3. The molecule has 1 aromatic carbocycles. The van der Waals surface area contributed by atoms with E-state index in [9.17, 15) is 0 Å². The van der Waals surface area contributed by atoms with E-state index in [0.29, 0.717) is 0 Å². The second kappa shape index (κ2) is 6.23. The van der Waals surface area contributed by atoms with Crippen molar-refractivity contribution in [2.45, 2.75) is 6.92 Å². The van der Waals surface area contributed by atoms with Crippen molar-refractivity contribution < 1.29 is 0 Å². The fourth-order valence-corrected chi connectivity index (χ4v) is 0.726. The molecule has 0 N–H and O–H groups in total. The van der Waals surface area contributed by atoms with Crippen LogP contribution in [0.25, 0.3) is 0 Å². The van der Waals surface area contributed by atoms with Crippen LogP contribution in [0.1, 0.15) is 6.92 Å². The van der Waals surface area contributed by atoms with E-state index in [-0.39, 0.29) is 0 Å². The molecule has 0 atom stereocenters. The Hall–Kier alpha value is -1.49. The minimum atomic E-state index is 1.25. The Morgan fingerprint density at radius 1 is 1.17 bits per heavy atom. The van der Waals surface area contributed by atoms with Gasteiger partial charge in [0.2, 0.25) is 0 Å². The third-order valence-corrected chi connectivity index (χ3v) is 1.27. The molecule has 0 spiro atoms. The van der Waals surface area contributed by atoms with Crippen LogP contribution in [0, 0.1) is 11.3 Å². The molecule has 0 radical (unpaired) electrons. The Kier molecular flexibility index (Phi) is 5.46. The SMILES string of the molecule is CC#N.CN(C)c1ccccc1. The minimum absolute atomic E-state index is 1.25. The molecular weight excluding hydrogens is 148 g/mol. The zero-order valence-electron chi connectivity index (χ0n) is 7.78. The molecular formula is C10H14N2. The van der Waals surface area contributed by atoms with Crippen LogP contribution in [0.4, 0.5) is 5.69 Å². The average Bonchev–Trinajstić information content (AvgIpc) is 2.07. The normalized spacial score (nSPS) is 7.50. The maximum atomic E-state index is 7.32. The predicted octanol–water partition coefficient (Wildman–Crippen LogP) is 2.28. The lowest BCUT2D eigenvalue weighted by molar-refractivity contribution is 1.13. The second-order valence-corrected chi connectivity index (χ2v) is 2.45. The van der Waals surface area contributed by atoms with Crippen LogP contribution in [0.5, 0.6) is 0 Å². The van der Waals surface area contributed by atoms with Gasteiger partial charge < -0.3 is 4.90 Å². The third-order valence-electron chi connectivity index (χ3n) is 1.27. The van der Waals surface area contributed by atoms with E-state index >= 15 is 0 Å². The van der Waals surface area contributed by atoms with Crippen LogP contribution in [-0.4, -0.2) is 14.1 Å². The first kappa shape index (κ1) is 10.5. The highest BCUT2D eigenvalue weighted by atomic mass is 15.1. The number of anilines is 1. The molecule has 0 unspecified atom stereocenters. The molecule has 64 valence electrons. The van der Waals surface area contributed by atoms with Gasteiger partial charge in [0, 0.05) is 26.7 Å². The molecule has 2 heteroatoms. The van der Waals surface area contributed by atoms with Gasteiger partial charge >= 0.3 is 0 Å². The molecule has 0 aliphatic rings. The molecule has 1 aromatic rings. The highest BCUT2D eigenvalue weighted by Crippen LogP contribution is 2.07. The summed E-state index contributed by atoms with van der Waals surface area (Å²) in [5.41, 5.74) is 1.25. The fourth-order valence-electron chi connectivity index (χ4n) is 0.726. The molecule has 0 aliphatic heterocycles. The summed E-state index contributed by atoms with van der Waals surface area (Å²) < 4.78 is 0. The van der Waals surface area contributed by atoms with Crippen molar-refractivity contribution in [1.29, 1.82) is 5.26 Å². The molecule has 0 aromatic heterocycles. The van der Waals surface area contributed by atoms with E-state index in [4.69, 9.17) is 5.26 Å². The van der Waals surface area contributed by atoms with Gasteiger partial charge in [0.05, 0.1) is 6.07 Å². The Bertz CT molecular complexity index is 234. The van der Waals surface area contributed by atoms with E-state index in [1.54, 1.807) is 6.07 Å². The lowest BCUT2D eigenvalue weighted by Gasteiger charge is -2.10. The zero-order valence-corrected chi connectivity index (χ0v) is 7.78. The van der Waals surface area contributed by atoms with Gasteiger partial charge in [0.25, 0.3) is 0 Å². The summed E-state index contributed by atoms with van der Waals surface area (Å²) in [7, 11) is 4.07. The molecule has 0 saturated heterocycles. The molecule has 0 amide bonds.